The van der Waals surface area contributed by atoms with E-state index in [2.05, 4.69) is 5.32 Å². The Morgan fingerprint density at radius 1 is 1.07 bits per heavy atom. The van der Waals surface area contributed by atoms with Crippen LogP contribution < -0.4 is 5.32 Å². The third kappa shape index (κ3) is 8.04. The minimum absolute atomic E-state index is 0.0337. The van der Waals surface area contributed by atoms with Crippen molar-refractivity contribution in [2.45, 2.75) is 64.1 Å². The van der Waals surface area contributed by atoms with E-state index in [4.69, 9.17) is 11.6 Å². The highest BCUT2D eigenvalue weighted by Crippen LogP contribution is 2.22. The van der Waals surface area contributed by atoms with Gasteiger partial charge in [0.05, 0.1) is 0 Å². The Labute approximate surface area is 189 Å². The number of aryl methyl sites for hydroxylation is 1. The Hall–Kier alpha value is -1.98. The molecule has 0 fully saturated rings. The van der Waals surface area contributed by atoms with Crippen molar-refractivity contribution in [1.82, 2.24) is 10.2 Å². The van der Waals surface area contributed by atoms with Crippen LogP contribution in [0, 0.1) is 6.92 Å². The fourth-order valence-electron chi connectivity index (χ4n) is 2.88. The molecule has 0 saturated carbocycles. The number of amides is 2. The summed E-state index contributed by atoms with van der Waals surface area (Å²) in [4.78, 5) is 28.6. The molecule has 30 heavy (non-hydrogen) atoms. The van der Waals surface area contributed by atoms with Gasteiger partial charge in [-0.25, -0.2) is 0 Å². The average Bonchev–Trinajstić information content (AvgIpc) is 2.67. The lowest BCUT2D eigenvalue weighted by molar-refractivity contribution is -0.140. The predicted octanol–water partition coefficient (Wildman–Crippen LogP) is 5.46. The second kappa shape index (κ2) is 10.9. The van der Waals surface area contributed by atoms with Crippen molar-refractivity contribution in [2.75, 3.05) is 5.75 Å². The molecular formula is C24H31ClN2O2S. The van der Waals surface area contributed by atoms with Crippen molar-refractivity contribution in [3.05, 3.63) is 64.7 Å². The Morgan fingerprint density at radius 3 is 2.23 bits per heavy atom. The van der Waals surface area contributed by atoms with Gasteiger partial charge in [0.2, 0.25) is 11.8 Å². The van der Waals surface area contributed by atoms with Crippen molar-refractivity contribution >= 4 is 35.2 Å². The number of benzene rings is 2. The van der Waals surface area contributed by atoms with E-state index < -0.39 is 6.04 Å². The molecule has 0 aliphatic heterocycles. The molecule has 1 N–H and O–H groups in total. The number of carbonyl (C=O) groups is 2. The molecule has 0 aromatic heterocycles. The van der Waals surface area contributed by atoms with Crippen LogP contribution in [0.5, 0.6) is 0 Å². The first-order valence-corrected chi connectivity index (χ1v) is 11.5. The van der Waals surface area contributed by atoms with Gasteiger partial charge in [-0.3, -0.25) is 9.59 Å². The van der Waals surface area contributed by atoms with Crippen LogP contribution >= 0.6 is 23.4 Å². The maximum Gasteiger partial charge on any atom is 0.242 e. The number of halogens is 1. The predicted molar refractivity (Wildman–Crippen MR) is 126 cm³/mol. The summed E-state index contributed by atoms with van der Waals surface area (Å²) in [6, 6.07) is 15.1. The van der Waals surface area contributed by atoms with E-state index in [1.165, 1.54) is 0 Å². The molecule has 2 amide bonds. The van der Waals surface area contributed by atoms with Gasteiger partial charge in [-0.1, -0.05) is 41.4 Å². The average molecular weight is 447 g/mol. The van der Waals surface area contributed by atoms with Gasteiger partial charge in [-0.05, 0) is 64.4 Å². The van der Waals surface area contributed by atoms with Crippen LogP contribution in [0.25, 0.3) is 0 Å². The topological polar surface area (TPSA) is 49.4 Å². The fraction of sp³-hybridized carbons (Fsp3) is 0.417. The van der Waals surface area contributed by atoms with Gasteiger partial charge < -0.3 is 10.2 Å². The van der Waals surface area contributed by atoms with Crippen LogP contribution in [0.4, 0.5) is 0 Å². The molecule has 0 saturated heterocycles. The number of nitrogens with zero attached hydrogens (tertiary/aromatic N) is 1. The minimum Gasteiger partial charge on any atom is -0.350 e. The van der Waals surface area contributed by atoms with Crippen molar-refractivity contribution < 1.29 is 9.59 Å². The van der Waals surface area contributed by atoms with E-state index in [1.807, 2.05) is 76.2 Å². The number of hydrogen-bond donors (Lipinski definition) is 1. The van der Waals surface area contributed by atoms with Crippen LogP contribution in [0.15, 0.2) is 53.4 Å². The highest BCUT2D eigenvalue weighted by Gasteiger charge is 2.28. The monoisotopic (exact) mass is 446 g/mol. The van der Waals surface area contributed by atoms with Gasteiger partial charge in [0.25, 0.3) is 0 Å². The largest absolute Gasteiger partial charge is 0.350 e. The second-order valence-electron chi connectivity index (χ2n) is 8.47. The van der Waals surface area contributed by atoms with Crippen LogP contribution in [-0.4, -0.2) is 34.0 Å². The van der Waals surface area contributed by atoms with Gasteiger partial charge >= 0.3 is 0 Å². The zero-order valence-electron chi connectivity index (χ0n) is 18.4. The van der Waals surface area contributed by atoms with Crippen molar-refractivity contribution in [3.63, 3.8) is 0 Å². The normalized spacial score (nSPS) is 12.3. The van der Waals surface area contributed by atoms with Crippen molar-refractivity contribution in [1.29, 1.82) is 0 Å². The number of carbonyl (C=O) groups excluding carboxylic acids is 2. The Bertz CT molecular complexity index is 845. The van der Waals surface area contributed by atoms with Gasteiger partial charge in [0.1, 0.15) is 6.04 Å². The molecule has 0 bridgehead atoms. The quantitative estimate of drug-likeness (QED) is 0.547. The van der Waals surface area contributed by atoms with Gasteiger partial charge in [0.15, 0.2) is 0 Å². The van der Waals surface area contributed by atoms with Crippen LogP contribution in [0.2, 0.25) is 5.02 Å². The number of nitrogens with one attached hydrogen (secondary N) is 1. The zero-order valence-corrected chi connectivity index (χ0v) is 19.9. The summed E-state index contributed by atoms with van der Waals surface area (Å²) < 4.78 is 0. The standard InChI is InChI=1S/C24H31ClN2O2S/c1-17-6-8-19(9-7-17)16-27(18(2)23(29)26-24(3,4)5)22(28)14-15-30-21-12-10-20(25)11-13-21/h6-13,18H,14-16H2,1-5H3,(H,26,29)/t18-/m0/s1. The minimum atomic E-state index is -0.557. The van der Waals surface area contributed by atoms with Crippen molar-refractivity contribution in [3.8, 4) is 0 Å². The lowest BCUT2D eigenvalue weighted by Gasteiger charge is -2.31. The molecule has 0 aliphatic carbocycles. The first-order chi connectivity index (χ1) is 14.0. The molecular weight excluding hydrogens is 416 g/mol. The fourth-order valence-corrected chi connectivity index (χ4v) is 3.84. The van der Waals surface area contributed by atoms with Crippen LogP contribution in [0.3, 0.4) is 0 Å². The zero-order chi connectivity index (χ0) is 22.3. The maximum absolute atomic E-state index is 13.1. The van der Waals surface area contributed by atoms with E-state index in [0.717, 1.165) is 16.0 Å². The molecule has 0 heterocycles. The molecule has 0 aliphatic rings. The van der Waals surface area contributed by atoms with E-state index in [0.29, 0.717) is 23.7 Å². The van der Waals surface area contributed by atoms with Gasteiger partial charge in [-0.15, -0.1) is 11.8 Å². The van der Waals surface area contributed by atoms with E-state index in [-0.39, 0.29) is 17.4 Å². The summed E-state index contributed by atoms with van der Waals surface area (Å²) in [7, 11) is 0. The third-order valence-electron chi connectivity index (χ3n) is 4.54. The highest BCUT2D eigenvalue weighted by atomic mass is 35.5. The molecule has 0 unspecified atom stereocenters. The molecule has 162 valence electrons. The lowest BCUT2D eigenvalue weighted by atomic mass is 10.1. The lowest BCUT2D eigenvalue weighted by Crippen LogP contribution is -2.52. The maximum atomic E-state index is 13.1. The summed E-state index contributed by atoms with van der Waals surface area (Å²) in [5.74, 6) is 0.459. The van der Waals surface area contributed by atoms with E-state index in [1.54, 1.807) is 23.6 Å². The first kappa shape index (κ1) is 24.3. The molecule has 6 heteroatoms. The molecule has 2 aromatic carbocycles. The van der Waals surface area contributed by atoms with Crippen molar-refractivity contribution in [2.24, 2.45) is 0 Å². The first-order valence-electron chi connectivity index (χ1n) is 10.1. The molecule has 0 radical (unpaired) electrons. The summed E-state index contributed by atoms with van der Waals surface area (Å²) in [5, 5.41) is 3.68. The number of thioether (sulfide) groups is 1. The van der Waals surface area contributed by atoms with E-state index >= 15 is 0 Å². The Morgan fingerprint density at radius 2 is 1.67 bits per heavy atom. The Kier molecular flexibility index (Phi) is 8.80. The SMILES string of the molecule is Cc1ccc(CN(C(=O)CCSc2ccc(Cl)cc2)[C@@H](C)C(=O)NC(C)(C)C)cc1. The smallest absolute Gasteiger partial charge is 0.242 e. The second-order valence-corrected chi connectivity index (χ2v) is 10.1. The number of hydrogen-bond acceptors (Lipinski definition) is 3. The van der Waals surface area contributed by atoms with Gasteiger partial charge in [-0.2, -0.15) is 0 Å². The number of rotatable bonds is 8. The molecule has 0 spiro atoms. The summed E-state index contributed by atoms with van der Waals surface area (Å²) in [6.45, 7) is 10.0. The van der Waals surface area contributed by atoms with Crippen LogP contribution in [0.1, 0.15) is 45.2 Å². The van der Waals surface area contributed by atoms with E-state index in [9.17, 15) is 9.59 Å². The third-order valence-corrected chi connectivity index (χ3v) is 5.80. The summed E-state index contributed by atoms with van der Waals surface area (Å²) in [5.41, 5.74) is 1.82. The summed E-state index contributed by atoms with van der Waals surface area (Å²) in [6.07, 6.45) is 0.353. The van der Waals surface area contributed by atoms with Gasteiger partial charge in [0, 0.05) is 34.2 Å². The molecule has 1 atom stereocenters. The van der Waals surface area contributed by atoms with Crippen LogP contribution in [-0.2, 0) is 16.1 Å². The highest BCUT2D eigenvalue weighted by molar-refractivity contribution is 7.99. The summed E-state index contributed by atoms with van der Waals surface area (Å²) >= 11 is 7.53. The molecule has 2 rings (SSSR count). The molecule has 4 nitrogen and oxygen atoms in total. The molecule has 2 aromatic rings. The Balaban J connectivity index is 2.08.